The zero-order valence-electron chi connectivity index (χ0n) is 26.3. The van der Waals surface area contributed by atoms with Gasteiger partial charge in [0.2, 0.25) is 0 Å². The highest BCUT2D eigenvalue weighted by Gasteiger charge is 2.34. The lowest BCUT2D eigenvalue weighted by Gasteiger charge is -2.41. The third-order valence-electron chi connectivity index (χ3n) is 8.20. The summed E-state index contributed by atoms with van der Waals surface area (Å²) in [5, 5.41) is 0.454. The molecule has 0 unspecified atom stereocenters. The first-order valence-corrected chi connectivity index (χ1v) is 15.1. The quantitative estimate of drug-likeness (QED) is 0.271. The molecule has 2 aliphatic heterocycles. The number of fused-ring (bicyclic) bond motifs is 5. The SMILES string of the molecule is Cc1ccnc(C(C)C)c1-n1c(=O)nc(N2CCN(C(=O)OC(C)(C)C)C[C@@H]2C)c2cc(F)c3c(c21)OCc1ccccc1-3. The van der Waals surface area contributed by atoms with Crippen LogP contribution in [-0.2, 0) is 11.3 Å². The van der Waals surface area contributed by atoms with E-state index in [9.17, 15) is 9.59 Å². The van der Waals surface area contributed by atoms with E-state index in [-0.39, 0.29) is 18.6 Å². The van der Waals surface area contributed by atoms with Crippen LogP contribution in [0, 0.1) is 12.7 Å². The molecule has 10 heteroatoms. The Bertz CT molecular complexity index is 1840. The smallest absolute Gasteiger partial charge is 0.410 e. The first-order valence-electron chi connectivity index (χ1n) is 15.1. The molecule has 0 spiro atoms. The normalized spacial score (nSPS) is 16.5. The zero-order valence-corrected chi connectivity index (χ0v) is 26.3. The molecule has 1 atom stereocenters. The van der Waals surface area contributed by atoms with E-state index in [2.05, 4.69) is 9.97 Å². The highest BCUT2D eigenvalue weighted by Crippen LogP contribution is 2.46. The van der Waals surface area contributed by atoms with Crippen LogP contribution in [0.2, 0.25) is 0 Å². The summed E-state index contributed by atoms with van der Waals surface area (Å²) in [7, 11) is 0. The summed E-state index contributed by atoms with van der Waals surface area (Å²) in [6, 6.07) is 10.7. The van der Waals surface area contributed by atoms with Crippen LogP contribution >= 0.6 is 0 Å². The summed E-state index contributed by atoms with van der Waals surface area (Å²) in [5.74, 6) is 0.206. The number of benzene rings is 2. The molecule has 0 radical (unpaired) electrons. The molecule has 0 saturated carbocycles. The third-order valence-corrected chi connectivity index (χ3v) is 8.20. The number of hydrogen-bond donors (Lipinski definition) is 0. The van der Waals surface area contributed by atoms with Crippen LogP contribution in [0.15, 0.2) is 47.4 Å². The van der Waals surface area contributed by atoms with E-state index in [4.69, 9.17) is 9.47 Å². The maximum Gasteiger partial charge on any atom is 0.410 e. The molecule has 1 saturated heterocycles. The van der Waals surface area contributed by atoms with E-state index in [1.807, 2.05) is 83.7 Å². The Morgan fingerprint density at radius 3 is 2.61 bits per heavy atom. The van der Waals surface area contributed by atoms with Crippen LogP contribution < -0.4 is 15.3 Å². The maximum atomic E-state index is 16.3. The standard InChI is InChI=1S/C34H38FN5O4/c1-19(2)27-28(20(3)12-13-36-27)40-29-24(16-25(35)26-23-11-9-8-10-22(23)18-43-30(26)29)31(37-32(40)41)39-15-14-38(17-21(39)4)33(42)44-34(5,6)7/h8-13,16,19,21H,14-15,17-18H2,1-7H3/t21-/m0/s1. The zero-order chi connectivity index (χ0) is 31.5. The molecule has 4 heterocycles. The predicted molar refractivity (Wildman–Crippen MR) is 168 cm³/mol. The Kier molecular flexibility index (Phi) is 7.34. The fourth-order valence-corrected chi connectivity index (χ4v) is 6.21. The van der Waals surface area contributed by atoms with Crippen molar-refractivity contribution in [3.8, 4) is 22.6 Å². The van der Waals surface area contributed by atoms with Gasteiger partial charge in [0.05, 0.1) is 16.9 Å². The Labute approximate surface area is 256 Å². The number of aromatic nitrogens is 3. The molecule has 0 bridgehead atoms. The molecule has 4 aromatic rings. The molecular weight excluding hydrogens is 561 g/mol. The van der Waals surface area contributed by atoms with Crippen molar-refractivity contribution in [1.82, 2.24) is 19.4 Å². The van der Waals surface area contributed by atoms with Crippen LogP contribution in [-0.4, -0.2) is 56.8 Å². The molecule has 6 rings (SSSR count). The number of hydrogen-bond acceptors (Lipinski definition) is 7. The molecule has 2 aromatic heterocycles. The molecule has 0 aliphatic carbocycles. The largest absolute Gasteiger partial charge is 0.486 e. The summed E-state index contributed by atoms with van der Waals surface area (Å²) in [4.78, 5) is 40.0. The minimum absolute atomic E-state index is 0.00500. The van der Waals surface area contributed by atoms with Gasteiger partial charge in [0.25, 0.3) is 0 Å². The third kappa shape index (κ3) is 5.06. The molecule has 0 N–H and O–H groups in total. The van der Waals surface area contributed by atoms with E-state index >= 15 is 4.39 Å². The summed E-state index contributed by atoms with van der Waals surface area (Å²) in [6.07, 6.45) is 1.34. The molecule has 1 fully saturated rings. The molecule has 44 heavy (non-hydrogen) atoms. The highest BCUT2D eigenvalue weighted by molar-refractivity contribution is 6.00. The number of nitrogens with zero attached hydrogens (tertiary/aromatic N) is 5. The number of carbonyl (C=O) groups excluding carboxylic acids is 1. The summed E-state index contributed by atoms with van der Waals surface area (Å²) < 4.78 is 29.7. The lowest BCUT2D eigenvalue weighted by molar-refractivity contribution is 0.0218. The molecule has 2 aliphatic rings. The van der Waals surface area contributed by atoms with E-state index in [0.29, 0.717) is 53.4 Å². The predicted octanol–water partition coefficient (Wildman–Crippen LogP) is 6.36. The van der Waals surface area contributed by atoms with Gasteiger partial charge in [0.15, 0.2) is 5.75 Å². The van der Waals surface area contributed by atoms with Crippen molar-refractivity contribution in [2.45, 2.75) is 72.6 Å². The van der Waals surface area contributed by atoms with Gasteiger partial charge in [-0.25, -0.2) is 14.0 Å². The summed E-state index contributed by atoms with van der Waals surface area (Å²) in [5.41, 5.74) is 3.44. The lowest BCUT2D eigenvalue weighted by Crippen LogP contribution is -2.55. The number of piperazine rings is 1. The first-order chi connectivity index (χ1) is 20.9. The van der Waals surface area contributed by atoms with E-state index in [1.165, 1.54) is 6.07 Å². The summed E-state index contributed by atoms with van der Waals surface area (Å²) >= 11 is 0. The highest BCUT2D eigenvalue weighted by atomic mass is 19.1. The van der Waals surface area contributed by atoms with Crippen molar-refractivity contribution >= 4 is 22.8 Å². The van der Waals surface area contributed by atoms with E-state index in [1.54, 1.807) is 15.7 Å². The fraction of sp³-hybridized carbons (Fsp3) is 0.412. The van der Waals surface area contributed by atoms with Crippen LogP contribution in [0.25, 0.3) is 27.7 Å². The molecule has 1 amide bonds. The van der Waals surface area contributed by atoms with Crippen molar-refractivity contribution < 1.29 is 18.7 Å². The van der Waals surface area contributed by atoms with Crippen molar-refractivity contribution in [2.24, 2.45) is 0 Å². The van der Waals surface area contributed by atoms with Crippen molar-refractivity contribution in [3.63, 3.8) is 0 Å². The minimum Gasteiger partial charge on any atom is -0.486 e. The number of rotatable bonds is 3. The second kappa shape index (κ2) is 10.9. The van der Waals surface area contributed by atoms with Crippen LogP contribution in [0.3, 0.4) is 0 Å². The lowest BCUT2D eigenvalue weighted by atomic mass is 9.94. The first kappa shape index (κ1) is 29.6. The van der Waals surface area contributed by atoms with Crippen LogP contribution in [0.5, 0.6) is 5.75 Å². The van der Waals surface area contributed by atoms with Gasteiger partial charge < -0.3 is 19.3 Å². The van der Waals surface area contributed by atoms with Crippen LogP contribution in [0.1, 0.15) is 64.3 Å². The van der Waals surface area contributed by atoms with Crippen LogP contribution in [0.4, 0.5) is 15.0 Å². The van der Waals surface area contributed by atoms with Gasteiger partial charge in [-0.05, 0) is 69.4 Å². The number of carbonyl (C=O) groups is 1. The van der Waals surface area contributed by atoms with Crippen molar-refractivity contribution in [1.29, 1.82) is 0 Å². The Morgan fingerprint density at radius 1 is 1.16 bits per heavy atom. The Morgan fingerprint density at radius 2 is 1.91 bits per heavy atom. The number of pyridine rings is 1. The minimum atomic E-state index is -0.617. The monoisotopic (exact) mass is 599 g/mol. The van der Waals surface area contributed by atoms with Gasteiger partial charge >= 0.3 is 11.8 Å². The van der Waals surface area contributed by atoms with Gasteiger partial charge in [-0.1, -0.05) is 38.1 Å². The topological polar surface area (TPSA) is 89.8 Å². The number of amides is 1. The maximum absolute atomic E-state index is 16.3. The fourth-order valence-electron chi connectivity index (χ4n) is 6.21. The van der Waals surface area contributed by atoms with E-state index in [0.717, 1.165) is 22.4 Å². The Hall–Kier alpha value is -4.47. The molecule has 9 nitrogen and oxygen atoms in total. The number of halogens is 1. The number of anilines is 1. The number of ether oxygens (including phenoxy) is 2. The van der Waals surface area contributed by atoms with Crippen molar-refractivity contribution in [3.05, 3.63) is 75.7 Å². The van der Waals surface area contributed by atoms with Gasteiger partial charge in [-0.15, -0.1) is 0 Å². The second-order valence-corrected chi connectivity index (χ2v) is 12.9. The van der Waals surface area contributed by atoms with Gasteiger partial charge in [0.1, 0.15) is 29.4 Å². The molecular formula is C34H38FN5O4. The van der Waals surface area contributed by atoms with Gasteiger partial charge in [-0.3, -0.25) is 9.55 Å². The second-order valence-electron chi connectivity index (χ2n) is 12.9. The molecule has 2 aromatic carbocycles. The Balaban J connectivity index is 1.59. The van der Waals surface area contributed by atoms with Crippen molar-refractivity contribution in [2.75, 3.05) is 24.5 Å². The average Bonchev–Trinajstić information content (AvgIpc) is 2.96. The average molecular weight is 600 g/mol. The van der Waals surface area contributed by atoms with E-state index < -0.39 is 23.2 Å². The summed E-state index contributed by atoms with van der Waals surface area (Å²) in [6.45, 7) is 14.8. The van der Waals surface area contributed by atoms with Gasteiger partial charge in [-0.2, -0.15) is 4.98 Å². The van der Waals surface area contributed by atoms with Gasteiger partial charge in [0, 0.05) is 37.3 Å². The molecule has 230 valence electrons. The number of aryl methyl sites for hydroxylation is 1.